The van der Waals surface area contributed by atoms with Crippen LogP contribution in [0, 0.1) is 0 Å². The van der Waals surface area contributed by atoms with Gasteiger partial charge < -0.3 is 10.4 Å². The van der Waals surface area contributed by atoms with E-state index in [0.717, 1.165) is 37.9 Å². The summed E-state index contributed by atoms with van der Waals surface area (Å²) in [6.07, 6.45) is 3.32. The van der Waals surface area contributed by atoms with E-state index in [-0.39, 0.29) is 24.1 Å². The lowest BCUT2D eigenvalue weighted by atomic mass is 10.0. The molecule has 2 N–H and O–H groups in total. The van der Waals surface area contributed by atoms with Crippen molar-refractivity contribution in [3.63, 3.8) is 0 Å². The number of amides is 1. The molecule has 0 unspecified atom stereocenters. The van der Waals surface area contributed by atoms with E-state index in [1.54, 1.807) is 25.2 Å². The molecule has 1 aliphatic rings. The van der Waals surface area contributed by atoms with Crippen LogP contribution in [0.2, 0.25) is 0 Å². The number of nitrogens with zero attached hydrogens (tertiary/aromatic N) is 3. The zero-order chi connectivity index (χ0) is 19.2. The topological polar surface area (TPSA) is 87.5 Å². The molecule has 1 aliphatic heterocycles. The summed E-state index contributed by atoms with van der Waals surface area (Å²) in [5.74, 6) is -0.118. The minimum absolute atomic E-state index is 0.118. The predicted molar refractivity (Wildman–Crippen MR) is 104 cm³/mol. The van der Waals surface area contributed by atoms with Crippen molar-refractivity contribution in [1.29, 1.82) is 0 Å². The number of carbonyl (C=O) groups is 1. The molecule has 1 aromatic heterocycles. The Morgan fingerprint density at radius 1 is 1.22 bits per heavy atom. The monoisotopic (exact) mass is 370 g/mol. The Kier molecular flexibility index (Phi) is 6.36. The molecule has 7 nitrogen and oxygen atoms in total. The summed E-state index contributed by atoms with van der Waals surface area (Å²) in [6, 6.07) is 10.5. The minimum atomic E-state index is -0.160. The Morgan fingerprint density at radius 3 is 2.70 bits per heavy atom. The Morgan fingerprint density at radius 2 is 2.00 bits per heavy atom. The largest absolute Gasteiger partial charge is 0.395 e. The number of aliphatic hydroxyl groups is 1. The van der Waals surface area contributed by atoms with Crippen LogP contribution in [0.3, 0.4) is 0 Å². The predicted octanol–water partition coefficient (Wildman–Crippen LogP) is 1.02. The number of benzene rings is 1. The number of hydrogen-bond acceptors (Lipinski definition) is 5. The number of hydrogen-bond donors (Lipinski definition) is 2. The summed E-state index contributed by atoms with van der Waals surface area (Å²) >= 11 is 0. The number of nitrogens with one attached hydrogen (secondary N) is 1. The molecule has 7 heteroatoms. The quantitative estimate of drug-likeness (QED) is 0.793. The van der Waals surface area contributed by atoms with Crippen LogP contribution in [0.4, 0.5) is 0 Å². The molecule has 1 aromatic carbocycles. The van der Waals surface area contributed by atoms with Crippen LogP contribution in [0.5, 0.6) is 0 Å². The summed E-state index contributed by atoms with van der Waals surface area (Å²) in [5.41, 5.74) is 1.96. The van der Waals surface area contributed by atoms with Gasteiger partial charge in [0.1, 0.15) is 0 Å². The van der Waals surface area contributed by atoms with Gasteiger partial charge in [-0.2, -0.15) is 5.10 Å². The maximum atomic E-state index is 12.3. The van der Waals surface area contributed by atoms with Crippen molar-refractivity contribution in [3.05, 3.63) is 52.3 Å². The maximum absolute atomic E-state index is 12.3. The lowest BCUT2D eigenvalue weighted by Gasteiger charge is -2.34. The molecule has 27 heavy (non-hydrogen) atoms. The molecular weight excluding hydrogens is 344 g/mol. The highest BCUT2D eigenvalue weighted by molar-refractivity contribution is 5.94. The Bertz CT molecular complexity index is 832. The third-order valence-corrected chi connectivity index (χ3v) is 5.05. The Balaban J connectivity index is 1.55. The molecule has 3 rings (SSSR count). The second-order valence-electron chi connectivity index (χ2n) is 6.88. The zero-order valence-corrected chi connectivity index (χ0v) is 15.6. The van der Waals surface area contributed by atoms with Gasteiger partial charge in [-0.05, 0) is 37.6 Å². The van der Waals surface area contributed by atoms with Crippen LogP contribution in [0.15, 0.2) is 41.2 Å². The SMILES string of the molecule is Cn1nc(-c2ccc(C(=O)NCCN3CCCC[C@H]3CO)cc2)ccc1=O. The van der Waals surface area contributed by atoms with Gasteiger partial charge in [0.15, 0.2) is 0 Å². The molecule has 0 radical (unpaired) electrons. The molecule has 1 fully saturated rings. The first-order chi connectivity index (χ1) is 13.1. The molecular formula is C20H26N4O3. The van der Waals surface area contributed by atoms with Crippen LogP contribution in [-0.4, -0.2) is 58.0 Å². The van der Waals surface area contributed by atoms with E-state index in [4.69, 9.17) is 0 Å². The van der Waals surface area contributed by atoms with Crippen molar-refractivity contribution < 1.29 is 9.90 Å². The van der Waals surface area contributed by atoms with Gasteiger partial charge in [-0.1, -0.05) is 18.6 Å². The normalized spacial score (nSPS) is 17.6. The second kappa shape index (κ2) is 8.92. The number of aliphatic hydroxyl groups excluding tert-OH is 1. The molecule has 0 bridgehead atoms. The first-order valence-corrected chi connectivity index (χ1v) is 9.36. The van der Waals surface area contributed by atoms with Crippen molar-refractivity contribution in [1.82, 2.24) is 20.0 Å². The average molecular weight is 370 g/mol. The van der Waals surface area contributed by atoms with Crippen LogP contribution in [0.1, 0.15) is 29.6 Å². The first kappa shape index (κ1) is 19.3. The van der Waals surface area contributed by atoms with Gasteiger partial charge in [-0.3, -0.25) is 14.5 Å². The van der Waals surface area contributed by atoms with Crippen molar-refractivity contribution in [3.8, 4) is 11.3 Å². The van der Waals surface area contributed by atoms with E-state index in [9.17, 15) is 14.7 Å². The standard InChI is InChI=1S/C20H26N4O3/c1-23-19(26)10-9-18(22-23)15-5-7-16(8-6-15)20(27)21-11-13-24-12-3-2-4-17(24)14-25/h5-10,17,25H,2-4,11-14H2,1H3,(H,21,27)/t17-/m0/s1. The summed E-state index contributed by atoms with van der Waals surface area (Å²) in [7, 11) is 1.61. The van der Waals surface area contributed by atoms with Gasteiger partial charge in [0.2, 0.25) is 0 Å². The van der Waals surface area contributed by atoms with Gasteiger partial charge in [-0.25, -0.2) is 4.68 Å². The molecule has 0 spiro atoms. The molecule has 1 saturated heterocycles. The van der Waals surface area contributed by atoms with Gasteiger partial charge in [0.25, 0.3) is 11.5 Å². The van der Waals surface area contributed by atoms with Crippen LogP contribution in [-0.2, 0) is 7.05 Å². The summed E-state index contributed by atoms with van der Waals surface area (Å²) in [4.78, 5) is 26.0. The molecule has 1 amide bonds. The highest BCUT2D eigenvalue weighted by Gasteiger charge is 2.21. The van der Waals surface area contributed by atoms with E-state index in [0.29, 0.717) is 17.8 Å². The van der Waals surface area contributed by atoms with Crippen molar-refractivity contribution in [2.45, 2.75) is 25.3 Å². The molecule has 1 atom stereocenters. The number of piperidine rings is 1. The van der Waals surface area contributed by atoms with Gasteiger partial charge in [0.05, 0.1) is 12.3 Å². The van der Waals surface area contributed by atoms with Crippen LogP contribution >= 0.6 is 0 Å². The second-order valence-corrected chi connectivity index (χ2v) is 6.88. The van der Waals surface area contributed by atoms with E-state index in [2.05, 4.69) is 15.3 Å². The van der Waals surface area contributed by atoms with Crippen molar-refractivity contribution in [2.75, 3.05) is 26.2 Å². The number of aromatic nitrogens is 2. The lowest BCUT2D eigenvalue weighted by Crippen LogP contribution is -2.45. The van der Waals surface area contributed by atoms with E-state index >= 15 is 0 Å². The lowest BCUT2D eigenvalue weighted by molar-refractivity contribution is 0.0849. The van der Waals surface area contributed by atoms with E-state index in [1.165, 1.54) is 10.7 Å². The highest BCUT2D eigenvalue weighted by atomic mass is 16.3. The number of rotatable bonds is 6. The minimum Gasteiger partial charge on any atom is -0.395 e. The third kappa shape index (κ3) is 4.81. The summed E-state index contributed by atoms with van der Waals surface area (Å²) in [6.45, 7) is 2.45. The zero-order valence-electron chi connectivity index (χ0n) is 15.6. The fourth-order valence-electron chi connectivity index (χ4n) is 3.42. The molecule has 144 valence electrons. The Labute approximate surface area is 158 Å². The van der Waals surface area contributed by atoms with Gasteiger partial charge in [0, 0.05) is 43.4 Å². The van der Waals surface area contributed by atoms with Gasteiger partial charge in [-0.15, -0.1) is 0 Å². The fraction of sp³-hybridized carbons (Fsp3) is 0.450. The number of carbonyl (C=O) groups excluding carboxylic acids is 1. The maximum Gasteiger partial charge on any atom is 0.266 e. The first-order valence-electron chi connectivity index (χ1n) is 9.36. The van der Waals surface area contributed by atoms with Crippen LogP contribution in [0.25, 0.3) is 11.3 Å². The fourth-order valence-corrected chi connectivity index (χ4v) is 3.42. The summed E-state index contributed by atoms with van der Waals surface area (Å²) < 4.78 is 1.29. The highest BCUT2D eigenvalue weighted by Crippen LogP contribution is 2.17. The number of likely N-dealkylation sites (tertiary alicyclic amines) is 1. The number of aryl methyl sites for hydroxylation is 1. The Hall–Kier alpha value is -2.51. The van der Waals surface area contributed by atoms with E-state index in [1.807, 2.05) is 12.1 Å². The molecule has 0 saturated carbocycles. The summed E-state index contributed by atoms with van der Waals surface area (Å²) in [5, 5.41) is 16.6. The van der Waals surface area contributed by atoms with E-state index < -0.39 is 0 Å². The van der Waals surface area contributed by atoms with Gasteiger partial charge >= 0.3 is 0 Å². The van der Waals surface area contributed by atoms with Crippen LogP contribution < -0.4 is 10.9 Å². The van der Waals surface area contributed by atoms with Crippen molar-refractivity contribution >= 4 is 5.91 Å². The molecule has 2 heterocycles. The van der Waals surface area contributed by atoms with Crippen molar-refractivity contribution in [2.24, 2.45) is 7.05 Å². The smallest absolute Gasteiger partial charge is 0.266 e. The molecule has 0 aliphatic carbocycles. The molecule has 2 aromatic rings. The average Bonchev–Trinajstić information content (AvgIpc) is 2.70. The third-order valence-electron chi connectivity index (χ3n) is 5.05.